The molecule has 0 aliphatic carbocycles. The van der Waals surface area contributed by atoms with E-state index >= 15 is 0 Å². The maximum absolute atomic E-state index is 13.9. The SMILES string of the molecule is Cc1ccc(F)c(CS(=O)(=O)Cc2nnnn2C(C)C)c1F. The first-order valence-electron chi connectivity index (χ1n) is 6.62. The maximum Gasteiger partial charge on any atom is 0.166 e. The smallest absolute Gasteiger partial charge is 0.166 e. The van der Waals surface area contributed by atoms with Gasteiger partial charge >= 0.3 is 0 Å². The third-order valence-corrected chi connectivity index (χ3v) is 4.57. The van der Waals surface area contributed by atoms with Crippen LogP contribution in [0.5, 0.6) is 0 Å². The van der Waals surface area contributed by atoms with Gasteiger partial charge in [0.1, 0.15) is 17.4 Å². The van der Waals surface area contributed by atoms with Crippen molar-refractivity contribution in [3.05, 3.63) is 40.7 Å². The standard InChI is InChI=1S/C13H16F2N4O2S/c1-8(2)19-12(16-17-18-19)7-22(20,21)6-10-11(14)5-4-9(3)13(10)15/h4-5,8H,6-7H2,1-3H3. The first-order chi connectivity index (χ1) is 10.2. The molecule has 6 nitrogen and oxygen atoms in total. The lowest BCUT2D eigenvalue weighted by molar-refractivity contribution is 0.497. The molecule has 0 aliphatic heterocycles. The zero-order chi connectivity index (χ0) is 16.5. The number of hydrogen-bond donors (Lipinski definition) is 0. The summed E-state index contributed by atoms with van der Waals surface area (Å²) in [6.07, 6.45) is 0. The third kappa shape index (κ3) is 3.46. The lowest BCUT2D eigenvalue weighted by Gasteiger charge is -2.10. The van der Waals surface area contributed by atoms with Crippen molar-refractivity contribution in [3.8, 4) is 0 Å². The van der Waals surface area contributed by atoms with Gasteiger partial charge in [-0.2, -0.15) is 0 Å². The van der Waals surface area contributed by atoms with Gasteiger partial charge < -0.3 is 0 Å². The molecule has 0 amide bonds. The van der Waals surface area contributed by atoms with Crippen LogP contribution in [0.1, 0.15) is 36.8 Å². The summed E-state index contributed by atoms with van der Waals surface area (Å²) in [4.78, 5) is 0. The Hall–Kier alpha value is -1.90. The minimum Gasteiger partial charge on any atom is -0.228 e. The topological polar surface area (TPSA) is 77.7 Å². The number of benzene rings is 1. The molecule has 0 atom stereocenters. The van der Waals surface area contributed by atoms with Crippen molar-refractivity contribution >= 4 is 9.84 Å². The van der Waals surface area contributed by atoms with E-state index in [-0.39, 0.29) is 17.4 Å². The van der Waals surface area contributed by atoms with Gasteiger partial charge in [0.15, 0.2) is 15.7 Å². The van der Waals surface area contributed by atoms with Gasteiger partial charge in [-0.1, -0.05) is 6.07 Å². The second-order valence-electron chi connectivity index (χ2n) is 5.32. The van der Waals surface area contributed by atoms with Crippen molar-refractivity contribution in [3.63, 3.8) is 0 Å². The first kappa shape index (κ1) is 16.5. The molecule has 2 rings (SSSR count). The number of tetrazole rings is 1. The Labute approximate surface area is 127 Å². The molecule has 0 bridgehead atoms. The number of rotatable bonds is 5. The fourth-order valence-corrected chi connectivity index (χ4v) is 3.41. The molecule has 0 N–H and O–H groups in total. The fourth-order valence-electron chi connectivity index (χ4n) is 2.02. The Kier molecular flexibility index (Phi) is 4.55. The zero-order valence-corrected chi connectivity index (χ0v) is 13.2. The summed E-state index contributed by atoms with van der Waals surface area (Å²) in [6.45, 7) is 5.04. The van der Waals surface area contributed by atoms with Crippen molar-refractivity contribution in [2.45, 2.75) is 38.3 Å². The average Bonchev–Trinajstić information content (AvgIpc) is 2.86. The van der Waals surface area contributed by atoms with E-state index in [1.165, 1.54) is 17.7 Å². The molecule has 22 heavy (non-hydrogen) atoms. The largest absolute Gasteiger partial charge is 0.228 e. The predicted molar refractivity (Wildman–Crippen MR) is 75.6 cm³/mol. The van der Waals surface area contributed by atoms with Crippen LogP contribution in [-0.4, -0.2) is 28.6 Å². The van der Waals surface area contributed by atoms with Crippen LogP contribution in [0, 0.1) is 18.6 Å². The summed E-state index contributed by atoms with van der Waals surface area (Å²) in [7, 11) is -3.82. The van der Waals surface area contributed by atoms with Crippen LogP contribution < -0.4 is 0 Å². The van der Waals surface area contributed by atoms with Gasteiger partial charge in [0, 0.05) is 5.56 Å². The number of aromatic nitrogens is 4. The molecule has 0 unspecified atom stereocenters. The number of aryl methyl sites for hydroxylation is 1. The molecule has 0 fully saturated rings. The van der Waals surface area contributed by atoms with Gasteiger partial charge in [-0.25, -0.2) is 21.9 Å². The molecule has 120 valence electrons. The first-order valence-corrected chi connectivity index (χ1v) is 8.44. The minimum absolute atomic E-state index is 0.118. The molecule has 1 heterocycles. The molecule has 0 saturated carbocycles. The highest BCUT2D eigenvalue weighted by Gasteiger charge is 2.23. The lowest BCUT2D eigenvalue weighted by Crippen LogP contribution is -2.16. The summed E-state index contributed by atoms with van der Waals surface area (Å²) in [6, 6.07) is 2.20. The lowest BCUT2D eigenvalue weighted by atomic mass is 10.1. The molecular weight excluding hydrogens is 314 g/mol. The highest BCUT2D eigenvalue weighted by Crippen LogP contribution is 2.20. The normalized spacial score (nSPS) is 12.1. The minimum atomic E-state index is -3.82. The number of nitrogens with zero attached hydrogens (tertiary/aromatic N) is 4. The Bertz CT molecular complexity index is 787. The van der Waals surface area contributed by atoms with Crippen molar-refractivity contribution in [1.29, 1.82) is 0 Å². The van der Waals surface area contributed by atoms with E-state index in [9.17, 15) is 17.2 Å². The third-order valence-electron chi connectivity index (χ3n) is 3.14. The summed E-state index contributed by atoms with van der Waals surface area (Å²) < 4.78 is 53.4. The average molecular weight is 330 g/mol. The maximum atomic E-state index is 13.9. The van der Waals surface area contributed by atoms with E-state index in [1.54, 1.807) is 13.8 Å². The molecule has 0 saturated heterocycles. The van der Waals surface area contributed by atoms with Crippen LogP contribution in [0.2, 0.25) is 0 Å². The van der Waals surface area contributed by atoms with E-state index in [0.29, 0.717) is 0 Å². The van der Waals surface area contributed by atoms with Crippen molar-refractivity contribution in [1.82, 2.24) is 20.2 Å². The Morgan fingerprint density at radius 3 is 2.55 bits per heavy atom. The second kappa shape index (κ2) is 6.07. The van der Waals surface area contributed by atoms with Gasteiger partial charge in [0.2, 0.25) is 0 Å². The highest BCUT2D eigenvalue weighted by atomic mass is 32.2. The Balaban J connectivity index is 2.29. The Morgan fingerprint density at radius 1 is 1.23 bits per heavy atom. The van der Waals surface area contributed by atoms with Crippen LogP contribution in [0.25, 0.3) is 0 Å². The number of halogens is 2. The molecule has 1 aromatic heterocycles. The van der Waals surface area contributed by atoms with Gasteiger partial charge in [-0.15, -0.1) is 5.10 Å². The van der Waals surface area contributed by atoms with Crippen LogP contribution >= 0.6 is 0 Å². The second-order valence-corrected chi connectivity index (χ2v) is 7.39. The monoisotopic (exact) mass is 330 g/mol. The van der Waals surface area contributed by atoms with Gasteiger partial charge in [0.25, 0.3) is 0 Å². The molecule has 9 heteroatoms. The predicted octanol–water partition coefficient (Wildman–Crippen LogP) is 1.96. The summed E-state index contributed by atoms with van der Waals surface area (Å²) in [5.41, 5.74) is -0.262. The van der Waals surface area contributed by atoms with E-state index in [2.05, 4.69) is 15.5 Å². The zero-order valence-electron chi connectivity index (χ0n) is 12.4. The number of hydrogen-bond acceptors (Lipinski definition) is 5. The van der Waals surface area contributed by atoms with Crippen LogP contribution in [0.15, 0.2) is 12.1 Å². The molecule has 1 aromatic carbocycles. The molecule has 0 aliphatic rings. The van der Waals surface area contributed by atoms with Crippen LogP contribution in [0.4, 0.5) is 8.78 Å². The molecular formula is C13H16F2N4O2S. The van der Waals surface area contributed by atoms with Gasteiger partial charge in [0.05, 0.1) is 11.8 Å². The van der Waals surface area contributed by atoms with Crippen LogP contribution in [0.3, 0.4) is 0 Å². The van der Waals surface area contributed by atoms with Crippen molar-refractivity contribution in [2.24, 2.45) is 0 Å². The number of sulfone groups is 1. The summed E-state index contributed by atoms with van der Waals surface area (Å²) in [5, 5.41) is 10.8. The fraction of sp³-hybridized carbons (Fsp3) is 0.462. The van der Waals surface area contributed by atoms with Crippen molar-refractivity contribution < 1.29 is 17.2 Å². The highest BCUT2D eigenvalue weighted by molar-refractivity contribution is 7.89. The molecule has 2 aromatic rings. The van der Waals surface area contributed by atoms with E-state index in [0.717, 1.165) is 6.07 Å². The summed E-state index contributed by atoms with van der Waals surface area (Å²) >= 11 is 0. The van der Waals surface area contributed by atoms with E-state index in [1.807, 2.05) is 0 Å². The van der Waals surface area contributed by atoms with E-state index in [4.69, 9.17) is 0 Å². The summed E-state index contributed by atoms with van der Waals surface area (Å²) in [5.74, 6) is -2.80. The molecule has 0 radical (unpaired) electrons. The van der Waals surface area contributed by atoms with Crippen molar-refractivity contribution in [2.75, 3.05) is 0 Å². The van der Waals surface area contributed by atoms with Gasteiger partial charge in [-0.05, 0) is 42.8 Å². The molecule has 0 spiro atoms. The quantitative estimate of drug-likeness (QED) is 0.837. The van der Waals surface area contributed by atoms with E-state index < -0.39 is 38.5 Å². The van der Waals surface area contributed by atoms with Crippen LogP contribution in [-0.2, 0) is 21.3 Å². The Morgan fingerprint density at radius 2 is 1.91 bits per heavy atom. The van der Waals surface area contributed by atoms with Gasteiger partial charge in [-0.3, -0.25) is 0 Å².